The predicted molar refractivity (Wildman–Crippen MR) is 159 cm³/mol. The molecule has 6 atom stereocenters. The first-order valence-electron chi connectivity index (χ1n) is 15.0. The minimum absolute atomic E-state index is 0.0238. The number of rotatable bonds is 4. The van der Waals surface area contributed by atoms with Crippen LogP contribution < -0.4 is 21.6 Å². The van der Waals surface area contributed by atoms with E-state index in [1.807, 2.05) is 0 Å². The number of hydrazine groups is 1. The molecule has 0 radical (unpaired) electrons. The van der Waals surface area contributed by atoms with E-state index in [0.29, 0.717) is 28.6 Å². The zero-order valence-corrected chi connectivity index (χ0v) is 25.1. The highest BCUT2D eigenvalue weighted by atomic mass is 35.5. The summed E-state index contributed by atoms with van der Waals surface area (Å²) in [4.78, 5) is 18.3. The van der Waals surface area contributed by atoms with E-state index in [9.17, 15) is 13.6 Å². The largest absolute Gasteiger partial charge is 0.333 e. The molecule has 0 spiro atoms. The van der Waals surface area contributed by atoms with E-state index in [-0.39, 0.29) is 45.0 Å². The van der Waals surface area contributed by atoms with Crippen molar-refractivity contribution in [2.75, 3.05) is 26.7 Å². The van der Waals surface area contributed by atoms with Crippen LogP contribution in [-0.4, -0.2) is 69.1 Å². The predicted octanol–water partition coefficient (Wildman–Crippen LogP) is 4.47. The maximum absolute atomic E-state index is 15.5. The van der Waals surface area contributed by atoms with Gasteiger partial charge in [-0.15, -0.1) is 0 Å². The zero-order chi connectivity index (χ0) is 30.2. The Morgan fingerprint density at radius 2 is 1.95 bits per heavy atom. The molecule has 0 saturated carbocycles. The van der Waals surface area contributed by atoms with Gasteiger partial charge in [0.05, 0.1) is 29.3 Å². The third-order valence-electron chi connectivity index (χ3n) is 9.43. The second-order valence-electron chi connectivity index (χ2n) is 12.2. The Morgan fingerprint density at radius 3 is 2.72 bits per heavy atom. The zero-order valence-electron chi connectivity index (χ0n) is 24.3. The molecule has 13 heteroatoms. The Morgan fingerprint density at radius 1 is 1.12 bits per heavy atom. The molecule has 43 heavy (non-hydrogen) atoms. The van der Waals surface area contributed by atoms with Crippen molar-refractivity contribution in [3.05, 3.63) is 58.1 Å². The normalized spacial score (nSPS) is 28.8. The van der Waals surface area contributed by atoms with Crippen LogP contribution in [-0.2, 0) is 0 Å². The first-order chi connectivity index (χ1) is 20.7. The standard InChI is InChI=1S/C30H38ClF3N8O/c1-17-4-3-5-25(22-10-18(8-9-35-22)29-24(36-12-17)14-38-40(29)2)41-16-37-23(11-26(41)43)27-20(6-7-21(31)28(27)32)19-13-39-42(15-19)30(33)34/h6-7,11,13,15-18,22,24-25,29-30,35-36,38H,3-5,8-10,12,14H2,1-2H3/t17-,18?,22?,24?,25+,29?/m1/s1. The fourth-order valence-electron chi connectivity index (χ4n) is 7.25. The van der Waals surface area contributed by atoms with Gasteiger partial charge in [0, 0.05) is 55.1 Å². The summed E-state index contributed by atoms with van der Waals surface area (Å²) >= 11 is 6.13. The van der Waals surface area contributed by atoms with Crippen molar-refractivity contribution in [3.63, 3.8) is 0 Å². The number of halogens is 4. The molecule has 3 aliphatic rings. The Kier molecular flexibility index (Phi) is 8.93. The van der Waals surface area contributed by atoms with Gasteiger partial charge >= 0.3 is 6.55 Å². The summed E-state index contributed by atoms with van der Waals surface area (Å²) in [6, 6.07) is 4.88. The van der Waals surface area contributed by atoms with Gasteiger partial charge in [-0.25, -0.2) is 19.1 Å². The minimum Gasteiger partial charge on any atom is -0.312 e. The Hall–Kier alpha value is -2.77. The van der Waals surface area contributed by atoms with Crippen molar-refractivity contribution in [1.29, 1.82) is 0 Å². The van der Waals surface area contributed by atoms with Gasteiger partial charge in [0.25, 0.3) is 5.56 Å². The van der Waals surface area contributed by atoms with Crippen LogP contribution in [0.15, 0.2) is 41.7 Å². The van der Waals surface area contributed by atoms with Crippen LogP contribution in [0.4, 0.5) is 13.2 Å². The molecule has 3 N–H and O–H groups in total. The van der Waals surface area contributed by atoms with Gasteiger partial charge in [0.15, 0.2) is 5.82 Å². The fraction of sp³-hybridized carbons (Fsp3) is 0.567. The minimum atomic E-state index is -2.84. The number of hydrogen-bond donors (Lipinski definition) is 3. The van der Waals surface area contributed by atoms with Crippen LogP contribution in [0, 0.1) is 17.7 Å². The molecule has 232 valence electrons. The molecule has 3 fully saturated rings. The van der Waals surface area contributed by atoms with E-state index in [0.717, 1.165) is 57.9 Å². The van der Waals surface area contributed by atoms with E-state index < -0.39 is 12.4 Å². The van der Waals surface area contributed by atoms with Crippen molar-refractivity contribution in [3.8, 4) is 22.4 Å². The van der Waals surface area contributed by atoms with Gasteiger partial charge < -0.3 is 10.6 Å². The third-order valence-corrected chi connectivity index (χ3v) is 9.72. The summed E-state index contributed by atoms with van der Waals surface area (Å²) in [5.41, 5.74) is 3.82. The highest BCUT2D eigenvalue weighted by Gasteiger charge is 2.41. The van der Waals surface area contributed by atoms with Gasteiger partial charge in [-0.1, -0.05) is 31.0 Å². The van der Waals surface area contributed by atoms with Gasteiger partial charge in [0.2, 0.25) is 0 Å². The number of piperidine rings is 1. The summed E-state index contributed by atoms with van der Waals surface area (Å²) < 4.78 is 44.1. The van der Waals surface area contributed by atoms with Crippen LogP contribution >= 0.6 is 11.6 Å². The molecule has 2 bridgehead atoms. The molecule has 2 aromatic heterocycles. The number of nitrogens with zero attached hydrogens (tertiary/aromatic N) is 5. The van der Waals surface area contributed by atoms with Crippen LogP contribution in [0.2, 0.25) is 5.02 Å². The molecule has 3 aliphatic heterocycles. The first-order valence-corrected chi connectivity index (χ1v) is 15.4. The molecule has 9 nitrogen and oxygen atoms in total. The van der Waals surface area contributed by atoms with Crippen molar-refractivity contribution < 1.29 is 13.2 Å². The number of benzene rings is 1. The van der Waals surface area contributed by atoms with Gasteiger partial charge in [-0.3, -0.25) is 14.8 Å². The lowest BCUT2D eigenvalue weighted by molar-refractivity contribution is 0.0566. The highest BCUT2D eigenvalue weighted by molar-refractivity contribution is 6.31. The molecule has 5 heterocycles. The summed E-state index contributed by atoms with van der Waals surface area (Å²) in [7, 11) is 2.12. The average Bonchev–Trinajstić information content (AvgIpc) is 3.63. The topological polar surface area (TPSA) is 92.0 Å². The van der Waals surface area contributed by atoms with E-state index in [1.54, 1.807) is 4.57 Å². The van der Waals surface area contributed by atoms with E-state index in [2.05, 4.69) is 45.1 Å². The van der Waals surface area contributed by atoms with Gasteiger partial charge in [0.1, 0.15) is 0 Å². The van der Waals surface area contributed by atoms with Crippen LogP contribution in [0.5, 0.6) is 0 Å². The lowest BCUT2D eigenvalue weighted by atomic mass is 9.80. The number of aromatic nitrogens is 4. The molecule has 0 amide bonds. The van der Waals surface area contributed by atoms with E-state index >= 15 is 4.39 Å². The lowest BCUT2D eigenvalue weighted by Gasteiger charge is -2.42. The van der Waals surface area contributed by atoms with Gasteiger partial charge in [-0.05, 0) is 62.2 Å². The smallest absolute Gasteiger partial charge is 0.312 e. The number of hydrogen-bond acceptors (Lipinski definition) is 7. The Balaban J connectivity index is 1.35. The summed E-state index contributed by atoms with van der Waals surface area (Å²) in [6.07, 6.45) is 8.64. The average molecular weight is 619 g/mol. The van der Waals surface area contributed by atoms with Crippen molar-refractivity contribution in [1.82, 2.24) is 40.4 Å². The maximum atomic E-state index is 15.5. The number of alkyl halides is 2. The van der Waals surface area contributed by atoms with Crippen LogP contribution in [0.1, 0.15) is 51.6 Å². The SMILES string of the molecule is C[C@@H]1CCC[C@H](n2cnc(-c3c(-c4cnn(C(F)F)c4)ccc(Cl)c3F)cc2=O)C2CC(CCN2)C2C(CNN2C)NC1. The molecule has 3 saturated heterocycles. The number of likely N-dealkylation sites (N-methyl/N-ethyl adjacent to an activating group) is 1. The number of nitrogens with one attached hydrogen (secondary N) is 3. The van der Waals surface area contributed by atoms with Crippen LogP contribution in [0.25, 0.3) is 22.4 Å². The second-order valence-corrected chi connectivity index (χ2v) is 12.6. The molecular formula is C30H38ClF3N8O. The van der Waals surface area contributed by atoms with Crippen molar-refractivity contribution >= 4 is 11.6 Å². The summed E-state index contributed by atoms with van der Waals surface area (Å²) in [5, 5.41) is 13.3. The highest BCUT2D eigenvalue weighted by Crippen LogP contribution is 2.37. The monoisotopic (exact) mass is 618 g/mol. The molecule has 6 rings (SSSR count). The summed E-state index contributed by atoms with van der Waals surface area (Å²) in [5.74, 6) is 0.166. The second kappa shape index (κ2) is 12.7. The molecular weight excluding hydrogens is 581 g/mol. The van der Waals surface area contributed by atoms with Crippen molar-refractivity contribution in [2.45, 2.75) is 69.7 Å². The quantitative estimate of drug-likeness (QED) is 0.398. The molecule has 1 aromatic carbocycles. The Labute approximate surface area is 253 Å². The molecule has 3 aromatic rings. The first kappa shape index (κ1) is 30.3. The van der Waals surface area contributed by atoms with Crippen molar-refractivity contribution in [2.24, 2.45) is 11.8 Å². The summed E-state index contributed by atoms with van der Waals surface area (Å²) in [6.45, 7) is 2.14. The fourth-order valence-corrected chi connectivity index (χ4v) is 7.40. The van der Waals surface area contributed by atoms with Gasteiger partial charge in [-0.2, -0.15) is 13.9 Å². The van der Waals surface area contributed by atoms with Crippen LogP contribution in [0.3, 0.4) is 0 Å². The lowest BCUT2D eigenvalue weighted by Crippen LogP contribution is -2.54. The van der Waals surface area contributed by atoms with E-state index in [1.165, 1.54) is 30.7 Å². The molecule has 4 unspecified atom stereocenters. The maximum Gasteiger partial charge on any atom is 0.333 e. The third kappa shape index (κ3) is 6.12. The number of fused-ring (bicyclic) bond motifs is 4. The Bertz CT molecular complexity index is 1500. The van der Waals surface area contributed by atoms with E-state index in [4.69, 9.17) is 11.6 Å². The molecule has 0 aliphatic carbocycles.